The predicted octanol–water partition coefficient (Wildman–Crippen LogP) is 5.71. The highest BCUT2D eigenvalue weighted by molar-refractivity contribution is 7.92. The summed E-state index contributed by atoms with van der Waals surface area (Å²) in [5.74, 6) is -0.304. The Kier molecular flexibility index (Phi) is 11.0. The van der Waals surface area contributed by atoms with Crippen LogP contribution in [0.25, 0.3) is 0 Å². The molecule has 2 amide bonds. The third-order valence-electron chi connectivity index (χ3n) is 6.91. The third-order valence-corrected chi connectivity index (χ3v) is 8.95. The van der Waals surface area contributed by atoms with Crippen molar-refractivity contribution >= 4 is 39.1 Å². The molecule has 0 saturated heterocycles. The molecule has 0 aliphatic heterocycles. The van der Waals surface area contributed by atoms with Gasteiger partial charge in [0.2, 0.25) is 11.8 Å². The first-order valence-electron chi connectivity index (χ1n) is 14.2. The first-order valence-corrected chi connectivity index (χ1v) is 16.0. The number of ether oxygens (including phenoxy) is 1. The molecule has 0 heterocycles. The fourth-order valence-electron chi connectivity index (χ4n) is 4.76. The Hall–Kier alpha value is -4.34. The Morgan fingerprint density at radius 2 is 1.45 bits per heavy atom. The summed E-state index contributed by atoms with van der Waals surface area (Å²) in [5, 5.41) is 3.37. The van der Waals surface area contributed by atoms with E-state index in [0.717, 1.165) is 15.4 Å². The van der Waals surface area contributed by atoms with Crippen LogP contribution in [0.2, 0.25) is 5.02 Å². The quantitative estimate of drug-likeness (QED) is 0.204. The third kappa shape index (κ3) is 8.39. The maximum Gasteiger partial charge on any atom is 0.264 e. The Morgan fingerprint density at radius 1 is 0.841 bits per heavy atom. The number of nitrogens with zero attached hydrogens (tertiary/aromatic N) is 2. The standard InChI is InChI=1S/C34H36ClN3O5S/c1-25(2)36-34(40)32(22-26-11-6-4-7-12-26)37(23-27-13-10-14-30(21-27)43-3)33(39)24-38(29-19-17-28(35)18-20-29)44(41,42)31-15-8-5-9-16-31/h4-21,25,32H,22-24H2,1-3H3,(H,36,40)/t32-/m0/s1. The summed E-state index contributed by atoms with van der Waals surface area (Å²) in [4.78, 5) is 29.7. The van der Waals surface area contributed by atoms with E-state index in [1.807, 2.05) is 50.2 Å². The molecule has 1 atom stereocenters. The molecule has 0 spiro atoms. The highest BCUT2D eigenvalue weighted by atomic mass is 35.5. The zero-order valence-corrected chi connectivity index (χ0v) is 26.5. The average Bonchev–Trinajstić information content (AvgIpc) is 3.02. The van der Waals surface area contributed by atoms with E-state index in [0.29, 0.717) is 10.8 Å². The molecule has 10 heteroatoms. The van der Waals surface area contributed by atoms with Gasteiger partial charge >= 0.3 is 0 Å². The van der Waals surface area contributed by atoms with Crippen molar-refractivity contribution in [3.8, 4) is 5.75 Å². The van der Waals surface area contributed by atoms with Gasteiger partial charge in [-0.25, -0.2) is 8.42 Å². The van der Waals surface area contributed by atoms with Gasteiger partial charge in [0.15, 0.2) is 0 Å². The Morgan fingerprint density at radius 3 is 2.07 bits per heavy atom. The summed E-state index contributed by atoms with van der Waals surface area (Å²) in [7, 11) is -2.63. The summed E-state index contributed by atoms with van der Waals surface area (Å²) >= 11 is 6.12. The number of amides is 2. The van der Waals surface area contributed by atoms with Crippen LogP contribution in [0.3, 0.4) is 0 Å². The van der Waals surface area contributed by atoms with E-state index in [4.69, 9.17) is 16.3 Å². The van der Waals surface area contributed by atoms with Crippen molar-refractivity contribution in [2.24, 2.45) is 0 Å². The Labute approximate surface area is 264 Å². The lowest BCUT2D eigenvalue weighted by molar-refractivity contribution is -0.140. The maximum atomic E-state index is 14.4. The molecule has 0 aliphatic carbocycles. The normalized spacial score (nSPS) is 11.9. The van der Waals surface area contributed by atoms with E-state index in [1.165, 1.54) is 17.0 Å². The minimum Gasteiger partial charge on any atom is -0.497 e. The lowest BCUT2D eigenvalue weighted by Crippen LogP contribution is -2.54. The SMILES string of the molecule is COc1cccc(CN(C(=O)CN(c2ccc(Cl)cc2)S(=O)(=O)c2ccccc2)[C@@H](Cc2ccccc2)C(=O)NC(C)C)c1. The highest BCUT2D eigenvalue weighted by Crippen LogP contribution is 2.26. The van der Waals surface area contributed by atoms with E-state index in [-0.39, 0.29) is 35.5 Å². The van der Waals surface area contributed by atoms with Gasteiger partial charge in [-0.15, -0.1) is 0 Å². The molecular weight excluding hydrogens is 598 g/mol. The van der Waals surface area contributed by atoms with Crippen LogP contribution in [-0.4, -0.2) is 50.9 Å². The Bertz CT molecular complexity index is 1650. The smallest absolute Gasteiger partial charge is 0.264 e. The molecule has 8 nitrogen and oxygen atoms in total. The molecule has 4 aromatic carbocycles. The van der Waals surface area contributed by atoms with Crippen molar-refractivity contribution in [1.29, 1.82) is 0 Å². The van der Waals surface area contributed by atoms with Gasteiger partial charge in [0, 0.05) is 24.0 Å². The van der Waals surface area contributed by atoms with E-state index in [1.54, 1.807) is 67.8 Å². The van der Waals surface area contributed by atoms with Gasteiger partial charge in [-0.1, -0.05) is 72.3 Å². The van der Waals surface area contributed by atoms with Gasteiger partial charge in [0.25, 0.3) is 10.0 Å². The highest BCUT2D eigenvalue weighted by Gasteiger charge is 2.34. The van der Waals surface area contributed by atoms with Crippen LogP contribution in [0, 0.1) is 0 Å². The van der Waals surface area contributed by atoms with E-state index in [9.17, 15) is 18.0 Å². The molecule has 0 unspecified atom stereocenters. The number of methoxy groups -OCH3 is 1. The second kappa shape index (κ2) is 14.9. The zero-order chi connectivity index (χ0) is 31.7. The molecule has 4 aromatic rings. The number of nitrogens with one attached hydrogen (secondary N) is 1. The van der Waals surface area contributed by atoms with Crippen LogP contribution >= 0.6 is 11.6 Å². The van der Waals surface area contributed by atoms with Crippen molar-refractivity contribution in [1.82, 2.24) is 10.2 Å². The lowest BCUT2D eigenvalue weighted by atomic mass is 10.0. The van der Waals surface area contributed by atoms with Crippen molar-refractivity contribution < 1.29 is 22.7 Å². The molecule has 0 aromatic heterocycles. The average molecular weight is 634 g/mol. The Balaban J connectivity index is 1.80. The molecule has 0 radical (unpaired) electrons. The predicted molar refractivity (Wildman–Crippen MR) is 173 cm³/mol. The van der Waals surface area contributed by atoms with Crippen molar-refractivity contribution in [2.45, 2.75) is 43.8 Å². The van der Waals surface area contributed by atoms with E-state index >= 15 is 0 Å². The molecule has 0 saturated carbocycles. The van der Waals surface area contributed by atoms with Gasteiger partial charge in [0.1, 0.15) is 18.3 Å². The summed E-state index contributed by atoms with van der Waals surface area (Å²) in [5.41, 5.74) is 1.84. The summed E-state index contributed by atoms with van der Waals surface area (Å²) in [6.45, 7) is 3.18. The molecule has 1 N–H and O–H groups in total. The van der Waals surface area contributed by atoms with Crippen LogP contribution in [0.1, 0.15) is 25.0 Å². The molecule has 0 aliphatic rings. The number of rotatable bonds is 13. The number of hydrogen-bond acceptors (Lipinski definition) is 5. The number of anilines is 1. The minimum atomic E-state index is -4.18. The fourth-order valence-corrected chi connectivity index (χ4v) is 6.32. The first kappa shape index (κ1) is 32.6. The molecule has 0 fully saturated rings. The summed E-state index contributed by atoms with van der Waals surface area (Å²) in [6, 6.07) is 29.6. The topological polar surface area (TPSA) is 96.0 Å². The monoisotopic (exact) mass is 633 g/mol. The number of halogens is 1. The second-order valence-electron chi connectivity index (χ2n) is 10.5. The van der Waals surface area contributed by atoms with Gasteiger partial charge < -0.3 is 15.0 Å². The van der Waals surface area contributed by atoms with Crippen molar-refractivity contribution in [3.05, 3.63) is 125 Å². The number of carbonyl (C=O) groups is 2. The van der Waals surface area contributed by atoms with Crippen LogP contribution in [0.4, 0.5) is 5.69 Å². The van der Waals surface area contributed by atoms with Crippen molar-refractivity contribution in [3.63, 3.8) is 0 Å². The van der Waals surface area contributed by atoms with Crippen LogP contribution < -0.4 is 14.4 Å². The fraction of sp³-hybridized carbons (Fsp3) is 0.235. The van der Waals surface area contributed by atoms with Gasteiger partial charge in [-0.05, 0) is 73.5 Å². The number of sulfonamides is 1. The van der Waals surface area contributed by atoms with Crippen molar-refractivity contribution in [2.75, 3.05) is 18.0 Å². The zero-order valence-electron chi connectivity index (χ0n) is 24.9. The van der Waals surface area contributed by atoms with Gasteiger partial charge in [-0.3, -0.25) is 13.9 Å². The molecule has 44 heavy (non-hydrogen) atoms. The minimum absolute atomic E-state index is 0.0282. The largest absolute Gasteiger partial charge is 0.497 e. The van der Waals surface area contributed by atoms with E-state index < -0.39 is 28.5 Å². The van der Waals surface area contributed by atoms with Crippen LogP contribution in [0.5, 0.6) is 5.75 Å². The summed E-state index contributed by atoms with van der Waals surface area (Å²) in [6.07, 6.45) is 0.224. The molecule has 4 rings (SSSR count). The maximum absolute atomic E-state index is 14.4. The first-order chi connectivity index (χ1) is 21.1. The molecule has 0 bridgehead atoms. The molecule has 230 valence electrons. The van der Waals surface area contributed by atoms with Crippen LogP contribution in [0.15, 0.2) is 114 Å². The van der Waals surface area contributed by atoms with Crippen LogP contribution in [-0.2, 0) is 32.6 Å². The lowest BCUT2D eigenvalue weighted by Gasteiger charge is -2.34. The summed E-state index contributed by atoms with van der Waals surface area (Å²) < 4.78 is 34.4. The number of benzene rings is 4. The second-order valence-corrected chi connectivity index (χ2v) is 12.8. The van der Waals surface area contributed by atoms with Gasteiger partial charge in [-0.2, -0.15) is 0 Å². The number of hydrogen-bond donors (Lipinski definition) is 1. The molecular formula is C34H36ClN3O5S. The van der Waals surface area contributed by atoms with E-state index in [2.05, 4.69) is 5.32 Å². The van der Waals surface area contributed by atoms with Gasteiger partial charge in [0.05, 0.1) is 17.7 Å². The number of carbonyl (C=O) groups excluding carboxylic acids is 2.